The maximum Gasteiger partial charge on any atom is 0.197 e. The number of alkyl halides is 1. The number of rotatable bonds is 4. The molecule has 1 atom stereocenters. The number of nitrogens with zero attached hydrogens (tertiary/aromatic N) is 4. The van der Waals surface area contributed by atoms with E-state index in [1.54, 1.807) is 12.4 Å². The molecule has 0 aliphatic carbocycles. The second kappa shape index (κ2) is 6.20. The van der Waals surface area contributed by atoms with Crippen molar-refractivity contribution in [3.05, 3.63) is 77.6 Å². The quantitative estimate of drug-likeness (QED) is 0.390. The summed E-state index contributed by atoms with van der Waals surface area (Å²) in [5, 5.41) is 0. The number of aromatic nitrogens is 3. The number of halogens is 1. The largest absolute Gasteiger partial charge is 0.332 e. The van der Waals surface area contributed by atoms with E-state index in [0.29, 0.717) is 6.54 Å². The van der Waals surface area contributed by atoms with Gasteiger partial charge in [0.25, 0.3) is 0 Å². The van der Waals surface area contributed by atoms with Gasteiger partial charge in [-0.15, -0.1) is 0 Å². The molecule has 0 N–H and O–H groups in total. The van der Waals surface area contributed by atoms with Crippen molar-refractivity contribution in [2.45, 2.75) is 37.9 Å². The first kappa shape index (κ1) is 17.7. The maximum absolute atomic E-state index is 12.1. The fourth-order valence-electron chi connectivity index (χ4n) is 4.05. The maximum atomic E-state index is 12.1. The lowest BCUT2D eigenvalue weighted by molar-refractivity contribution is -0.110. The van der Waals surface area contributed by atoms with Crippen LogP contribution in [0.4, 0.5) is 5.69 Å². The van der Waals surface area contributed by atoms with Crippen LogP contribution in [0.25, 0.3) is 0 Å². The summed E-state index contributed by atoms with van der Waals surface area (Å²) in [4.78, 5) is 21.5. The van der Waals surface area contributed by atoms with Crippen molar-refractivity contribution in [1.82, 2.24) is 14.5 Å². The van der Waals surface area contributed by atoms with E-state index in [4.69, 9.17) is 11.6 Å². The van der Waals surface area contributed by atoms with Gasteiger partial charge in [-0.25, -0.2) is 4.98 Å². The van der Waals surface area contributed by atoms with Crippen LogP contribution < -0.4 is 4.90 Å². The van der Waals surface area contributed by atoms with Crippen LogP contribution in [0.5, 0.6) is 0 Å². The first-order valence-corrected chi connectivity index (χ1v) is 9.23. The molecular weight excluding hydrogens is 360 g/mol. The SMILES string of the molecule is Cc1nccn1Cc1cncc(N2C(C)(C)c3ccccc3C2(Cl)C=O)c1. The van der Waals surface area contributed by atoms with Crippen LogP contribution in [0.3, 0.4) is 0 Å². The molecule has 4 rings (SSSR count). The highest BCUT2D eigenvalue weighted by molar-refractivity contribution is 6.33. The number of aryl methyl sites for hydroxylation is 1. The number of benzene rings is 1. The predicted molar refractivity (Wildman–Crippen MR) is 106 cm³/mol. The van der Waals surface area contributed by atoms with Gasteiger partial charge in [0.1, 0.15) is 5.82 Å². The van der Waals surface area contributed by atoms with Crippen LogP contribution in [-0.4, -0.2) is 20.8 Å². The van der Waals surface area contributed by atoms with Crippen LogP contribution in [0.2, 0.25) is 0 Å². The Morgan fingerprint density at radius 1 is 1.19 bits per heavy atom. The Balaban J connectivity index is 1.80. The van der Waals surface area contributed by atoms with Gasteiger partial charge in [0.05, 0.1) is 24.0 Å². The average molecular weight is 381 g/mol. The molecule has 1 aromatic carbocycles. The van der Waals surface area contributed by atoms with E-state index in [1.807, 2.05) is 54.5 Å². The molecule has 138 valence electrons. The Labute approximate surface area is 163 Å². The van der Waals surface area contributed by atoms with Crippen molar-refractivity contribution in [3.8, 4) is 0 Å². The summed E-state index contributed by atoms with van der Waals surface area (Å²) in [6.07, 6.45) is 8.13. The minimum Gasteiger partial charge on any atom is -0.332 e. The first-order valence-electron chi connectivity index (χ1n) is 8.85. The highest BCUT2D eigenvalue weighted by Gasteiger charge is 2.53. The summed E-state index contributed by atoms with van der Waals surface area (Å²) >= 11 is 6.91. The number of anilines is 1. The van der Waals surface area contributed by atoms with Crippen molar-refractivity contribution in [1.29, 1.82) is 0 Å². The van der Waals surface area contributed by atoms with E-state index in [-0.39, 0.29) is 0 Å². The molecule has 1 aliphatic heterocycles. The van der Waals surface area contributed by atoms with Crippen LogP contribution in [0, 0.1) is 6.92 Å². The van der Waals surface area contributed by atoms with Crippen molar-refractivity contribution < 1.29 is 4.79 Å². The molecule has 0 radical (unpaired) electrons. The summed E-state index contributed by atoms with van der Waals surface area (Å²) < 4.78 is 2.05. The number of aldehydes is 1. The van der Waals surface area contributed by atoms with Crippen LogP contribution >= 0.6 is 11.6 Å². The van der Waals surface area contributed by atoms with Crippen LogP contribution in [0.1, 0.15) is 36.4 Å². The van der Waals surface area contributed by atoms with Crippen LogP contribution in [-0.2, 0) is 21.9 Å². The Hall–Kier alpha value is -2.66. The molecule has 0 saturated heterocycles. The summed E-state index contributed by atoms with van der Waals surface area (Å²) in [5.41, 5.74) is 3.24. The monoisotopic (exact) mass is 380 g/mol. The Morgan fingerprint density at radius 2 is 1.93 bits per heavy atom. The molecule has 27 heavy (non-hydrogen) atoms. The van der Waals surface area contributed by atoms with Crippen molar-refractivity contribution in [2.75, 3.05) is 4.90 Å². The summed E-state index contributed by atoms with van der Waals surface area (Å²) in [7, 11) is 0. The van der Waals surface area contributed by atoms with E-state index in [1.165, 1.54) is 0 Å². The predicted octanol–water partition coefficient (Wildman–Crippen LogP) is 3.98. The number of hydrogen-bond donors (Lipinski definition) is 0. The molecule has 0 saturated carbocycles. The van der Waals surface area contributed by atoms with Gasteiger partial charge in [-0.2, -0.15) is 0 Å². The van der Waals surface area contributed by atoms with Crippen molar-refractivity contribution >= 4 is 23.6 Å². The third-order valence-corrected chi connectivity index (χ3v) is 5.78. The smallest absolute Gasteiger partial charge is 0.197 e. The first-order chi connectivity index (χ1) is 12.9. The molecule has 1 aliphatic rings. The van der Waals surface area contributed by atoms with Crippen molar-refractivity contribution in [3.63, 3.8) is 0 Å². The molecule has 6 heteroatoms. The van der Waals surface area contributed by atoms with E-state index < -0.39 is 10.5 Å². The van der Waals surface area contributed by atoms with E-state index >= 15 is 0 Å². The molecule has 3 aromatic rings. The second-order valence-electron chi connectivity index (χ2n) is 7.38. The number of hydrogen-bond acceptors (Lipinski definition) is 4. The highest BCUT2D eigenvalue weighted by Crippen LogP contribution is 2.52. The summed E-state index contributed by atoms with van der Waals surface area (Å²) in [5.74, 6) is 0.939. The van der Waals surface area contributed by atoms with Gasteiger partial charge in [-0.3, -0.25) is 9.78 Å². The van der Waals surface area contributed by atoms with Gasteiger partial charge < -0.3 is 9.47 Å². The number of fused-ring (bicyclic) bond motifs is 1. The van der Waals surface area contributed by atoms with E-state index in [9.17, 15) is 4.79 Å². The fourth-order valence-corrected chi connectivity index (χ4v) is 4.52. The Morgan fingerprint density at radius 3 is 2.59 bits per heavy atom. The van der Waals surface area contributed by atoms with E-state index in [0.717, 1.165) is 34.5 Å². The van der Waals surface area contributed by atoms with Crippen molar-refractivity contribution in [2.24, 2.45) is 0 Å². The van der Waals surface area contributed by atoms with Crippen LogP contribution in [0.15, 0.2) is 55.1 Å². The Kier molecular flexibility index (Phi) is 4.07. The molecule has 0 amide bonds. The van der Waals surface area contributed by atoms with Gasteiger partial charge in [0.15, 0.2) is 11.3 Å². The van der Waals surface area contributed by atoms with Gasteiger partial charge in [0, 0.05) is 24.2 Å². The topological polar surface area (TPSA) is 51.0 Å². The molecule has 1 unspecified atom stereocenters. The average Bonchev–Trinajstić information content (AvgIpc) is 3.13. The molecule has 0 fully saturated rings. The number of pyridine rings is 1. The van der Waals surface area contributed by atoms with Gasteiger partial charge in [-0.1, -0.05) is 35.9 Å². The minimum absolute atomic E-state index is 0.454. The third kappa shape index (κ3) is 2.65. The molecular formula is C21H21ClN4O. The zero-order valence-electron chi connectivity index (χ0n) is 15.6. The highest BCUT2D eigenvalue weighted by atomic mass is 35.5. The standard InChI is InChI=1S/C21H21ClN4O/c1-15-24-8-9-25(15)13-16-10-17(12-23-11-16)26-20(2,3)18-6-4-5-7-19(18)21(26,22)14-27/h4-12,14H,13H2,1-3H3. The third-order valence-electron chi connectivity index (χ3n) is 5.32. The normalized spacial score (nSPS) is 20.5. The lowest BCUT2D eigenvalue weighted by Gasteiger charge is -2.40. The summed E-state index contributed by atoms with van der Waals surface area (Å²) in [6, 6.07) is 9.88. The Bertz CT molecular complexity index is 1010. The number of carbonyl (C=O) groups is 1. The van der Waals surface area contributed by atoms with Gasteiger partial charge in [0.2, 0.25) is 0 Å². The molecule has 3 heterocycles. The van der Waals surface area contributed by atoms with Gasteiger partial charge >= 0.3 is 0 Å². The molecule has 0 bridgehead atoms. The number of carbonyl (C=O) groups excluding carboxylic acids is 1. The minimum atomic E-state index is -1.26. The lowest BCUT2D eigenvalue weighted by atomic mass is 9.93. The summed E-state index contributed by atoms with van der Waals surface area (Å²) in [6.45, 7) is 6.77. The second-order valence-corrected chi connectivity index (χ2v) is 7.96. The number of imidazole rings is 1. The molecule has 5 nitrogen and oxygen atoms in total. The van der Waals surface area contributed by atoms with E-state index in [2.05, 4.69) is 28.4 Å². The molecule has 2 aromatic heterocycles. The fraction of sp³-hybridized carbons (Fsp3) is 0.286. The molecule has 0 spiro atoms. The van der Waals surface area contributed by atoms with Gasteiger partial charge in [-0.05, 0) is 38.0 Å². The zero-order valence-corrected chi connectivity index (χ0v) is 16.3. The zero-order chi connectivity index (χ0) is 19.2. The lowest BCUT2D eigenvalue weighted by Crippen LogP contribution is -2.47.